The summed E-state index contributed by atoms with van der Waals surface area (Å²) in [5.74, 6) is 0.211. The van der Waals surface area contributed by atoms with Crippen LogP contribution in [0, 0.1) is 5.92 Å². The van der Waals surface area contributed by atoms with E-state index in [1.807, 2.05) is 24.3 Å². The number of carbonyl (C=O) groups excluding carboxylic acids is 1. The van der Waals surface area contributed by atoms with Crippen molar-refractivity contribution in [2.75, 3.05) is 0 Å². The van der Waals surface area contributed by atoms with E-state index >= 15 is 0 Å². The molecule has 0 saturated heterocycles. The van der Waals surface area contributed by atoms with Crippen molar-refractivity contribution in [3.63, 3.8) is 0 Å². The molecule has 1 fully saturated rings. The third kappa shape index (κ3) is 4.41. The number of benzene rings is 1. The molecular weight excluding hydrogens is 304 g/mol. The molecule has 1 heterocycles. The van der Waals surface area contributed by atoms with Gasteiger partial charge in [0.2, 0.25) is 5.91 Å². The lowest BCUT2D eigenvalue weighted by Crippen LogP contribution is -2.35. The number of hydrogen-bond acceptors (Lipinski definition) is 4. The van der Waals surface area contributed by atoms with Crippen LogP contribution in [-0.2, 0) is 11.3 Å². The molecule has 1 atom stereocenters. The largest absolute Gasteiger partial charge is 0.383 e. The average molecular weight is 328 g/mol. The van der Waals surface area contributed by atoms with E-state index in [1.54, 1.807) is 11.0 Å². The molecule has 24 heavy (non-hydrogen) atoms. The predicted molar refractivity (Wildman–Crippen MR) is 90.4 cm³/mol. The summed E-state index contributed by atoms with van der Waals surface area (Å²) in [4.78, 5) is 16.0. The van der Waals surface area contributed by atoms with Gasteiger partial charge in [0.25, 0.3) is 0 Å². The fourth-order valence-corrected chi connectivity index (χ4v) is 3.26. The van der Waals surface area contributed by atoms with Crippen molar-refractivity contribution in [3.05, 3.63) is 42.5 Å². The van der Waals surface area contributed by atoms with Crippen LogP contribution in [0.1, 0.15) is 44.1 Å². The van der Waals surface area contributed by atoms with E-state index in [-0.39, 0.29) is 5.91 Å². The van der Waals surface area contributed by atoms with Crippen LogP contribution in [0.25, 0.3) is 5.69 Å². The smallest absolute Gasteiger partial charge is 0.249 e. The molecule has 6 heteroatoms. The first-order chi connectivity index (χ1) is 11.7. The van der Waals surface area contributed by atoms with Gasteiger partial charge in [0.15, 0.2) is 0 Å². The molecule has 3 rings (SSSR count). The summed E-state index contributed by atoms with van der Waals surface area (Å²) in [6.45, 7) is 0.415. The summed E-state index contributed by atoms with van der Waals surface area (Å²) in [5, 5.41) is 17.0. The van der Waals surface area contributed by atoms with Crippen molar-refractivity contribution in [1.82, 2.24) is 20.1 Å². The Labute approximate surface area is 141 Å². The highest BCUT2D eigenvalue weighted by atomic mass is 16.3. The lowest BCUT2D eigenvalue weighted by molar-refractivity contribution is -0.130. The lowest BCUT2D eigenvalue weighted by atomic mass is 9.85. The molecule has 1 aromatic heterocycles. The van der Waals surface area contributed by atoms with Crippen molar-refractivity contribution < 1.29 is 9.90 Å². The molecular formula is C18H24N4O2. The molecule has 1 aromatic carbocycles. The summed E-state index contributed by atoms with van der Waals surface area (Å²) in [5.41, 5.74) is 1.90. The zero-order chi connectivity index (χ0) is 16.8. The van der Waals surface area contributed by atoms with Gasteiger partial charge in [-0.15, -0.1) is 0 Å². The minimum Gasteiger partial charge on any atom is -0.383 e. The molecule has 0 bridgehead atoms. The summed E-state index contributed by atoms with van der Waals surface area (Å²) in [7, 11) is 0. The van der Waals surface area contributed by atoms with Crippen molar-refractivity contribution in [2.24, 2.45) is 5.92 Å². The summed E-state index contributed by atoms with van der Waals surface area (Å²) >= 11 is 0. The Morgan fingerprint density at radius 1 is 1.25 bits per heavy atom. The van der Waals surface area contributed by atoms with Crippen LogP contribution in [0.5, 0.6) is 0 Å². The van der Waals surface area contributed by atoms with Gasteiger partial charge >= 0.3 is 0 Å². The SMILES string of the molecule is O=C(NCc1ccc(-n2cncn2)cc1)[C@H](O)CC1CCCCC1. The maximum atomic E-state index is 12.1. The van der Waals surface area contributed by atoms with Crippen molar-refractivity contribution in [1.29, 1.82) is 0 Å². The number of nitrogens with one attached hydrogen (secondary N) is 1. The molecule has 0 spiro atoms. The normalized spacial score (nSPS) is 16.7. The van der Waals surface area contributed by atoms with Gasteiger partial charge in [0, 0.05) is 6.54 Å². The fraction of sp³-hybridized carbons (Fsp3) is 0.500. The Morgan fingerprint density at radius 3 is 2.67 bits per heavy atom. The van der Waals surface area contributed by atoms with Crippen LogP contribution in [0.3, 0.4) is 0 Å². The Kier molecular flexibility index (Phi) is 5.59. The second-order valence-corrected chi connectivity index (χ2v) is 6.48. The van der Waals surface area contributed by atoms with Gasteiger partial charge in [-0.1, -0.05) is 44.2 Å². The van der Waals surface area contributed by atoms with E-state index in [2.05, 4.69) is 15.4 Å². The van der Waals surface area contributed by atoms with Crippen LogP contribution < -0.4 is 5.32 Å². The van der Waals surface area contributed by atoms with Crippen LogP contribution in [0.4, 0.5) is 0 Å². The average Bonchev–Trinajstić information content (AvgIpc) is 3.15. The molecule has 6 nitrogen and oxygen atoms in total. The van der Waals surface area contributed by atoms with Gasteiger partial charge in [-0.05, 0) is 30.0 Å². The van der Waals surface area contributed by atoms with E-state index in [4.69, 9.17) is 0 Å². The maximum absolute atomic E-state index is 12.1. The highest BCUT2D eigenvalue weighted by Crippen LogP contribution is 2.27. The first-order valence-electron chi connectivity index (χ1n) is 8.62. The first kappa shape index (κ1) is 16.6. The molecule has 0 aliphatic heterocycles. The minimum absolute atomic E-state index is 0.277. The number of amides is 1. The topological polar surface area (TPSA) is 80.0 Å². The van der Waals surface area contributed by atoms with E-state index in [0.717, 1.165) is 24.1 Å². The second-order valence-electron chi connectivity index (χ2n) is 6.48. The van der Waals surface area contributed by atoms with Crippen LogP contribution >= 0.6 is 0 Å². The number of hydrogen-bond donors (Lipinski definition) is 2. The van der Waals surface area contributed by atoms with Gasteiger partial charge < -0.3 is 10.4 Å². The van der Waals surface area contributed by atoms with E-state index in [1.165, 1.54) is 25.6 Å². The highest BCUT2D eigenvalue weighted by molar-refractivity contribution is 5.80. The third-order valence-electron chi connectivity index (χ3n) is 4.67. The third-order valence-corrected chi connectivity index (χ3v) is 4.67. The Hall–Kier alpha value is -2.21. The molecule has 2 N–H and O–H groups in total. The first-order valence-corrected chi connectivity index (χ1v) is 8.62. The summed E-state index contributed by atoms with van der Waals surface area (Å²) < 4.78 is 1.68. The van der Waals surface area contributed by atoms with Gasteiger partial charge in [0.05, 0.1) is 5.69 Å². The number of rotatable bonds is 6. The van der Waals surface area contributed by atoms with Gasteiger partial charge in [0.1, 0.15) is 18.8 Å². The minimum atomic E-state index is -0.900. The zero-order valence-corrected chi connectivity index (χ0v) is 13.8. The Balaban J connectivity index is 1.46. The van der Waals surface area contributed by atoms with Crippen LogP contribution in [0.2, 0.25) is 0 Å². The predicted octanol–water partition coefficient (Wildman–Crippen LogP) is 2.21. The number of aliphatic hydroxyl groups is 1. The summed E-state index contributed by atoms with van der Waals surface area (Å²) in [6.07, 6.45) is 8.79. The van der Waals surface area contributed by atoms with Gasteiger partial charge in [-0.25, -0.2) is 9.67 Å². The van der Waals surface area contributed by atoms with Crippen molar-refractivity contribution in [3.8, 4) is 5.69 Å². The lowest BCUT2D eigenvalue weighted by Gasteiger charge is -2.23. The monoisotopic (exact) mass is 328 g/mol. The summed E-state index contributed by atoms with van der Waals surface area (Å²) in [6, 6.07) is 7.72. The molecule has 0 radical (unpaired) electrons. The van der Waals surface area contributed by atoms with Crippen LogP contribution in [-0.4, -0.2) is 31.9 Å². The molecule has 1 saturated carbocycles. The molecule has 1 amide bonds. The second kappa shape index (κ2) is 8.06. The number of nitrogens with zero attached hydrogens (tertiary/aromatic N) is 3. The molecule has 128 valence electrons. The number of carbonyl (C=O) groups is 1. The maximum Gasteiger partial charge on any atom is 0.249 e. The van der Waals surface area contributed by atoms with Crippen molar-refractivity contribution >= 4 is 5.91 Å². The Morgan fingerprint density at radius 2 is 2.00 bits per heavy atom. The fourth-order valence-electron chi connectivity index (χ4n) is 3.26. The van der Waals surface area contributed by atoms with E-state index < -0.39 is 6.10 Å². The number of aromatic nitrogens is 3. The number of aliphatic hydroxyl groups excluding tert-OH is 1. The quantitative estimate of drug-likeness (QED) is 0.852. The molecule has 1 aliphatic carbocycles. The Bertz CT molecular complexity index is 634. The van der Waals surface area contributed by atoms with E-state index in [0.29, 0.717) is 18.9 Å². The molecule has 0 unspecified atom stereocenters. The zero-order valence-electron chi connectivity index (χ0n) is 13.8. The van der Waals surface area contributed by atoms with Gasteiger partial charge in [-0.2, -0.15) is 5.10 Å². The van der Waals surface area contributed by atoms with Gasteiger partial charge in [-0.3, -0.25) is 4.79 Å². The molecule has 1 aliphatic rings. The van der Waals surface area contributed by atoms with Crippen LogP contribution in [0.15, 0.2) is 36.9 Å². The highest BCUT2D eigenvalue weighted by Gasteiger charge is 2.22. The van der Waals surface area contributed by atoms with E-state index in [9.17, 15) is 9.90 Å². The molecule has 2 aromatic rings. The standard InChI is InChI=1S/C18H24N4O2/c23-17(10-14-4-2-1-3-5-14)18(24)20-11-15-6-8-16(9-7-15)22-13-19-12-21-22/h6-9,12-14,17,23H,1-5,10-11H2,(H,20,24)/t17-/m1/s1. The van der Waals surface area contributed by atoms with Crippen molar-refractivity contribution in [2.45, 2.75) is 51.2 Å².